The van der Waals surface area contributed by atoms with Crippen molar-refractivity contribution >= 4 is 37.7 Å². The predicted molar refractivity (Wildman–Crippen MR) is 99.0 cm³/mol. The van der Waals surface area contributed by atoms with Gasteiger partial charge in [0.15, 0.2) is 16.4 Å². The van der Waals surface area contributed by atoms with Crippen molar-refractivity contribution in [1.82, 2.24) is 4.90 Å². The second-order valence-corrected chi connectivity index (χ2v) is 8.84. The second kappa shape index (κ2) is 6.32. The van der Waals surface area contributed by atoms with Crippen LogP contribution in [0.4, 0.5) is 0 Å². The molecule has 1 unspecified atom stereocenters. The van der Waals surface area contributed by atoms with Gasteiger partial charge in [0.05, 0.1) is 11.5 Å². The molecule has 6 nitrogen and oxygen atoms in total. The molecule has 0 spiro atoms. The summed E-state index contributed by atoms with van der Waals surface area (Å²) >= 11 is 0. The Morgan fingerprint density at radius 1 is 1.19 bits per heavy atom. The zero-order chi connectivity index (χ0) is 18.3. The van der Waals surface area contributed by atoms with Crippen LogP contribution in [0.15, 0.2) is 46.9 Å². The summed E-state index contributed by atoms with van der Waals surface area (Å²) in [5, 5.41) is 1.92. The van der Waals surface area contributed by atoms with Crippen molar-refractivity contribution < 1.29 is 22.4 Å². The van der Waals surface area contributed by atoms with Crippen LogP contribution in [0.1, 0.15) is 6.42 Å². The average Bonchev–Trinajstić information content (AvgIpc) is 3.18. The number of fused-ring (bicyclic) bond motifs is 3. The van der Waals surface area contributed by atoms with Crippen LogP contribution in [-0.4, -0.2) is 50.4 Å². The Kier molecular flexibility index (Phi) is 4.11. The highest BCUT2D eigenvalue weighted by atomic mass is 32.2. The minimum absolute atomic E-state index is 0.0300. The maximum absolute atomic E-state index is 12.3. The number of hydrogen-bond donors (Lipinski definition) is 0. The largest absolute Gasteiger partial charge is 0.484 e. The topological polar surface area (TPSA) is 76.8 Å². The number of carbonyl (C=O) groups is 1. The van der Waals surface area contributed by atoms with Crippen LogP contribution in [0.2, 0.25) is 0 Å². The quantitative estimate of drug-likeness (QED) is 0.703. The fraction of sp³-hybridized carbons (Fsp3) is 0.316. The molecule has 1 aliphatic heterocycles. The summed E-state index contributed by atoms with van der Waals surface area (Å²) in [4.78, 5) is 13.8. The summed E-state index contributed by atoms with van der Waals surface area (Å²) in [7, 11) is -1.40. The molecule has 0 N–H and O–H groups in total. The Balaban J connectivity index is 1.47. The zero-order valence-electron chi connectivity index (χ0n) is 14.3. The summed E-state index contributed by atoms with van der Waals surface area (Å²) in [6, 6.07) is 12.9. The minimum Gasteiger partial charge on any atom is -0.484 e. The summed E-state index contributed by atoms with van der Waals surface area (Å²) in [5.41, 5.74) is 1.57. The van der Waals surface area contributed by atoms with Crippen LogP contribution in [-0.2, 0) is 14.6 Å². The van der Waals surface area contributed by atoms with Crippen molar-refractivity contribution in [2.75, 3.05) is 25.2 Å². The first kappa shape index (κ1) is 16.9. The number of sulfone groups is 1. The van der Waals surface area contributed by atoms with Gasteiger partial charge < -0.3 is 14.1 Å². The second-order valence-electron chi connectivity index (χ2n) is 6.61. The van der Waals surface area contributed by atoms with Gasteiger partial charge in [0, 0.05) is 23.9 Å². The van der Waals surface area contributed by atoms with Crippen LogP contribution < -0.4 is 4.74 Å². The molecule has 0 bridgehead atoms. The van der Waals surface area contributed by atoms with Crippen LogP contribution in [0.25, 0.3) is 21.9 Å². The van der Waals surface area contributed by atoms with Crippen molar-refractivity contribution in [3.05, 3.63) is 42.5 Å². The summed E-state index contributed by atoms with van der Waals surface area (Å²) in [5.74, 6) is 0.511. The number of benzene rings is 2. The lowest BCUT2D eigenvalue weighted by Crippen LogP contribution is -2.40. The molecule has 26 heavy (non-hydrogen) atoms. The van der Waals surface area contributed by atoms with E-state index < -0.39 is 9.84 Å². The third-order valence-corrected chi connectivity index (χ3v) is 6.61. The molecule has 0 saturated carbocycles. The maximum Gasteiger partial charge on any atom is 0.260 e. The molecule has 0 radical (unpaired) electrons. The zero-order valence-corrected chi connectivity index (χ0v) is 15.2. The highest BCUT2D eigenvalue weighted by molar-refractivity contribution is 7.91. The number of hydrogen-bond acceptors (Lipinski definition) is 5. The molecule has 0 aliphatic carbocycles. The van der Waals surface area contributed by atoms with E-state index in [1.54, 1.807) is 13.1 Å². The molecule has 3 aromatic rings. The molecule has 2 heterocycles. The van der Waals surface area contributed by atoms with Gasteiger partial charge in [0.25, 0.3) is 5.91 Å². The number of furan rings is 1. The average molecular weight is 373 g/mol. The van der Waals surface area contributed by atoms with E-state index >= 15 is 0 Å². The standard InChI is InChI=1S/C19H19NO5S/c1-20(13-8-9-26(22,23)12-13)19(21)11-24-14-6-7-18-16(10-14)15-4-2-3-5-17(15)25-18/h2-7,10,13H,8-9,11-12H2,1H3. The molecular formula is C19H19NO5S. The van der Waals surface area contributed by atoms with Gasteiger partial charge in [-0.25, -0.2) is 8.42 Å². The van der Waals surface area contributed by atoms with E-state index in [0.717, 1.165) is 21.9 Å². The summed E-state index contributed by atoms with van der Waals surface area (Å²) in [6.45, 7) is -0.131. The summed E-state index contributed by atoms with van der Waals surface area (Å²) in [6.07, 6.45) is 0.484. The molecule has 1 saturated heterocycles. The fourth-order valence-corrected chi connectivity index (χ4v) is 5.10. The van der Waals surface area contributed by atoms with Gasteiger partial charge in [-0.15, -0.1) is 0 Å². The first-order valence-corrected chi connectivity index (χ1v) is 10.3. The van der Waals surface area contributed by atoms with Crippen molar-refractivity contribution in [1.29, 1.82) is 0 Å². The lowest BCUT2D eigenvalue weighted by molar-refractivity contribution is -0.133. The van der Waals surface area contributed by atoms with Crippen LogP contribution in [0.3, 0.4) is 0 Å². The number of rotatable bonds is 4. The first-order chi connectivity index (χ1) is 12.4. The Morgan fingerprint density at radius 2 is 1.96 bits per heavy atom. The lowest BCUT2D eigenvalue weighted by Gasteiger charge is -2.23. The Hall–Kier alpha value is -2.54. The van der Waals surface area contributed by atoms with E-state index in [-0.39, 0.29) is 30.1 Å². The fourth-order valence-electron chi connectivity index (χ4n) is 3.33. The number of para-hydroxylation sites is 1. The molecule has 136 valence electrons. The van der Waals surface area contributed by atoms with E-state index in [0.29, 0.717) is 12.2 Å². The van der Waals surface area contributed by atoms with Crippen LogP contribution >= 0.6 is 0 Å². The van der Waals surface area contributed by atoms with E-state index in [9.17, 15) is 13.2 Å². The van der Waals surface area contributed by atoms with Crippen molar-refractivity contribution in [2.24, 2.45) is 0 Å². The predicted octanol–water partition coefficient (Wildman–Crippen LogP) is 2.61. The molecule has 4 rings (SSSR count). The highest BCUT2D eigenvalue weighted by Crippen LogP contribution is 2.31. The van der Waals surface area contributed by atoms with E-state index in [1.165, 1.54) is 4.90 Å². The highest BCUT2D eigenvalue weighted by Gasteiger charge is 2.32. The van der Waals surface area contributed by atoms with Gasteiger partial charge in [0.1, 0.15) is 16.9 Å². The molecule has 2 aromatic carbocycles. The smallest absolute Gasteiger partial charge is 0.260 e. The molecule has 1 fully saturated rings. The first-order valence-electron chi connectivity index (χ1n) is 8.43. The van der Waals surface area contributed by atoms with Crippen molar-refractivity contribution in [3.63, 3.8) is 0 Å². The normalized spacial score (nSPS) is 19.0. The maximum atomic E-state index is 12.3. The van der Waals surface area contributed by atoms with Gasteiger partial charge >= 0.3 is 0 Å². The van der Waals surface area contributed by atoms with E-state index in [1.807, 2.05) is 36.4 Å². The Morgan fingerprint density at radius 3 is 2.73 bits per heavy atom. The summed E-state index contributed by atoms with van der Waals surface area (Å²) < 4.78 is 34.6. The molecule has 1 atom stereocenters. The van der Waals surface area contributed by atoms with Gasteiger partial charge in [-0.1, -0.05) is 18.2 Å². The number of ether oxygens (including phenoxy) is 1. The van der Waals surface area contributed by atoms with Gasteiger partial charge in [-0.2, -0.15) is 0 Å². The van der Waals surface area contributed by atoms with Crippen LogP contribution in [0.5, 0.6) is 5.75 Å². The number of carbonyl (C=O) groups excluding carboxylic acids is 1. The van der Waals surface area contributed by atoms with Crippen LogP contribution in [0, 0.1) is 0 Å². The molecule has 1 amide bonds. The molecule has 1 aromatic heterocycles. The minimum atomic E-state index is -3.02. The van der Waals surface area contributed by atoms with Crippen molar-refractivity contribution in [3.8, 4) is 5.75 Å². The van der Waals surface area contributed by atoms with Gasteiger partial charge in [0.2, 0.25) is 0 Å². The van der Waals surface area contributed by atoms with Gasteiger partial charge in [-0.05, 0) is 30.7 Å². The molecule has 7 heteroatoms. The number of nitrogens with zero attached hydrogens (tertiary/aromatic N) is 1. The Bertz CT molecular complexity index is 1090. The lowest BCUT2D eigenvalue weighted by atomic mass is 10.1. The number of amides is 1. The van der Waals surface area contributed by atoms with Gasteiger partial charge in [-0.3, -0.25) is 4.79 Å². The Labute approximate surface area is 151 Å². The van der Waals surface area contributed by atoms with E-state index in [4.69, 9.17) is 9.15 Å². The number of likely N-dealkylation sites (N-methyl/N-ethyl adjacent to an activating group) is 1. The third kappa shape index (κ3) is 3.14. The SMILES string of the molecule is CN(C(=O)COc1ccc2oc3ccccc3c2c1)C1CCS(=O)(=O)C1. The van der Waals surface area contributed by atoms with E-state index in [2.05, 4.69) is 0 Å². The molecular weight excluding hydrogens is 354 g/mol. The van der Waals surface area contributed by atoms with Crippen molar-refractivity contribution in [2.45, 2.75) is 12.5 Å². The monoisotopic (exact) mass is 373 g/mol. The molecule has 1 aliphatic rings. The third-order valence-electron chi connectivity index (χ3n) is 4.86.